The SMILES string of the molecule is CCCc1nc(NCC(O)CC)nc(N2CCOCC2)n1. The molecule has 0 amide bonds. The van der Waals surface area contributed by atoms with Crippen LogP contribution in [0.15, 0.2) is 0 Å². The molecule has 1 aromatic heterocycles. The first kappa shape index (κ1) is 15.9. The van der Waals surface area contributed by atoms with Crippen LogP contribution in [0, 0.1) is 0 Å². The second-order valence-electron chi connectivity index (χ2n) is 5.17. The van der Waals surface area contributed by atoms with Crippen molar-refractivity contribution in [3.05, 3.63) is 5.82 Å². The van der Waals surface area contributed by atoms with Gasteiger partial charge in [0.25, 0.3) is 0 Å². The zero-order chi connectivity index (χ0) is 15.1. The number of nitrogens with zero attached hydrogens (tertiary/aromatic N) is 4. The molecule has 1 unspecified atom stereocenters. The van der Waals surface area contributed by atoms with Crippen molar-refractivity contribution in [2.24, 2.45) is 0 Å². The van der Waals surface area contributed by atoms with Crippen LogP contribution in [-0.2, 0) is 11.2 Å². The Kier molecular flexibility index (Phi) is 6.13. The van der Waals surface area contributed by atoms with Gasteiger partial charge in [-0.3, -0.25) is 0 Å². The number of hydrogen-bond acceptors (Lipinski definition) is 7. The van der Waals surface area contributed by atoms with Crippen LogP contribution in [-0.4, -0.2) is 59.0 Å². The predicted molar refractivity (Wildman–Crippen MR) is 81.6 cm³/mol. The van der Waals surface area contributed by atoms with Crippen molar-refractivity contribution < 1.29 is 9.84 Å². The fourth-order valence-electron chi connectivity index (χ4n) is 2.08. The van der Waals surface area contributed by atoms with Crippen LogP contribution in [0.2, 0.25) is 0 Å². The van der Waals surface area contributed by atoms with Gasteiger partial charge in [0.15, 0.2) is 0 Å². The number of morpholine rings is 1. The van der Waals surface area contributed by atoms with E-state index in [9.17, 15) is 5.11 Å². The van der Waals surface area contributed by atoms with E-state index in [1.165, 1.54) is 0 Å². The second-order valence-corrected chi connectivity index (χ2v) is 5.17. The molecule has 1 aliphatic rings. The summed E-state index contributed by atoms with van der Waals surface area (Å²) in [6.07, 6.45) is 2.13. The molecule has 2 N–H and O–H groups in total. The van der Waals surface area contributed by atoms with Gasteiger partial charge < -0.3 is 20.1 Å². The number of aliphatic hydroxyl groups excluding tert-OH is 1. The van der Waals surface area contributed by atoms with Crippen molar-refractivity contribution in [2.75, 3.05) is 43.1 Å². The third-order valence-electron chi connectivity index (χ3n) is 3.40. The Balaban J connectivity index is 2.12. The average Bonchev–Trinajstić information content (AvgIpc) is 2.53. The smallest absolute Gasteiger partial charge is 0.230 e. The third-order valence-corrected chi connectivity index (χ3v) is 3.40. The fraction of sp³-hybridized carbons (Fsp3) is 0.786. The second kappa shape index (κ2) is 8.09. The number of aromatic nitrogens is 3. The Morgan fingerprint density at radius 2 is 2.00 bits per heavy atom. The molecule has 0 aromatic carbocycles. The van der Waals surface area contributed by atoms with Crippen LogP contribution in [0.5, 0.6) is 0 Å². The van der Waals surface area contributed by atoms with Gasteiger partial charge in [-0.1, -0.05) is 13.8 Å². The molecule has 2 rings (SSSR count). The van der Waals surface area contributed by atoms with Crippen molar-refractivity contribution in [2.45, 2.75) is 39.2 Å². The van der Waals surface area contributed by atoms with E-state index in [1.807, 2.05) is 6.92 Å². The number of aryl methyl sites for hydroxylation is 1. The summed E-state index contributed by atoms with van der Waals surface area (Å²) in [7, 11) is 0. The van der Waals surface area contributed by atoms with E-state index in [0.717, 1.165) is 31.8 Å². The molecule has 1 atom stereocenters. The Bertz CT molecular complexity index is 437. The highest BCUT2D eigenvalue weighted by molar-refractivity contribution is 5.37. The number of ether oxygens (including phenoxy) is 1. The maximum absolute atomic E-state index is 9.65. The van der Waals surface area contributed by atoms with Gasteiger partial charge in [-0.05, 0) is 12.8 Å². The highest BCUT2D eigenvalue weighted by Crippen LogP contribution is 2.13. The number of rotatable bonds is 7. The van der Waals surface area contributed by atoms with Gasteiger partial charge >= 0.3 is 0 Å². The fourth-order valence-corrected chi connectivity index (χ4v) is 2.08. The molecule has 0 bridgehead atoms. The molecule has 1 aromatic rings. The van der Waals surface area contributed by atoms with E-state index in [1.54, 1.807) is 0 Å². The molecule has 0 aliphatic carbocycles. The molecular formula is C14H25N5O2. The lowest BCUT2D eigenvalue weighted by Gasteiger charge is -2.27. The zero-order valence-corrected chi connectivity index (χ0v) is 12.9. The number of nitrogens with one attached hydrogen (secondary N) is 1. The van der Waals surface area contributed by atoms with Crippen molar-refractivity contribution in [1.29, 1.82) is 0 Å². The molecule has 0 radical (unpaired) electrons. The summed E-state index contributed by atoms with van der Waals surface area (Å²) in [4.78, 5) is 15.5. The molecule has 0 saturated carbocycles. The minimum absolute atomic E-state index is 0.386. The molecule has 118 valence electrons. The zero-order valence-electron chi connectivity index (χ0n) is 12.9. The minimum atomic E-state index is -0.386. The number of anilines is 2. The van der Waals surface area contributed by atoms with E-state index in [4.69, 9.17) is 4.74 Å². The lowest BCUT2D eigenvalue weighted by Crippen LogP contribution is -2.37. The lowest BCUT2D eigenvalue weighted by atomic mass is 10.3. The monoisotopic (exact) mass is 295 g/mol. The van der Waals surface area contributed by atoms with Crippen molar-refractivity contribution >= 4 is 11.9 Å². The third kappa shape index (κ3) is 4.78. The Morgan fingerprint density at radius 3 is 2.67 bits per heavy atom. The predicted octanol–water partition coefficient (Wildman–Crippen LogP) is 0.843. The molecule has 1 saturated heterocycles. The van der Waals surface area contributed by atoms with Crippen LogP contribution >= 0.6 is 0 Å². The first-order valence-electron chi connectivity index (χ1n) is 7.72. The van der Waals surface area contributed by atoms with Crippen molar-refractivity contribution in [3.8, 4) is 0 Å². The largest absolute Gasteiger partial charge is 0.391 e. The molecular weight excluding hydrogens is 270 g/mol. The van der Waals surface area contributed by atoms with Gasteiger partial charge in [-0.2, -0.15) is 15.0 Å². The van der Waals surface area contributed by atoms with Crippen molar-refractivity contribution in [1.82, 2.24) is 15.0 Å². The summed E-state index contributed by atoms with van der Waals surface area (Å²) in [5.41, 5.74) is 0. The summed E-state index contributed by atoms with van der Waals surface area (Å²) < 4.78 is 5.36. The highest BCUT2D eigenvalue weighted by Gasteiger charge is 2.16. The average molecular weight is 295 g/mol. The number of hydrogen-bond donors (Lipinski definition) is 2. The van der Waals surface area contributed by atoms with Crippen LogP contribution < -0.4 is 10.2 Å². The Morgan fingerprint density at radius 1 is 1.24 bits per heavy atom. The van der Waals surface area contributed by atoms with Crippen LogP contribution in [0.1, 0.15) is 32.5 Å². The van der Waals surface area contributed by atoms with E-state index in [2.05, 4.69) is 32.1 Å². The molecule has 1 fully saturated rings. The quantitative estimate of drug-likeness (QED) is 0.771. The maximum atomic E-state index is 9.65. The minimum Gasteiger partial charge on any atom is -0.391 e. The highest BCUT2D eigenvalue weighted by atomic mass is 16.5. The van der Waals surface area contributed by atoms with Crippen molar-refractivity contribution in [3.63, 3.8) is 0 Å². The summed E-state index contributed by atoms with van der Waals surface area (Å²) in [5.74, 6) is 2.04. The van der Waals surface area contributed by atoms with E-state index >= 15 is 0 Å². The molecule has 0 spiro atoms. The Hall–Kier alpha value is -1.47. The van der Waals surface area contributed by atoms with E-state index in [0.29, 0.717) is 38.1 Å². The van der Waals surface area contributed by atoms with Gasteiger partial charge in [0.1, 0.15) is 5.82 Å². The van der Waals surface area contributed by atoms with Gasteiger partial charge in [-0.25, -0.2) is 0 Å². The summed E-state index contributed by atoms with van der Waals surface area (Å²) in [6.45, 7) is 7.50. The first-order valence-corrected chi connectivity index (χ1v) is 7.72. The van der Waals surface area contributed by atoms with Gasteiger partial charge in [0.2, 0.25) is 11.9 Å². The van der Waals surface area contributed by atoms with Gasteiger partial charge in [0.05, 0.1) is 19.3 Å². The van der Waals surface area contributed by atoms with E-state index < -0.39 is 0 Å². The number of aliphatic hydroxyl groups is 1. The van der Waals surface area contributed by atoms with Crippen LogP contribution in [0.4, 0.5) is 11.9 Å². The van der Waals surface area contributed by atoms with Gasteiger partial charge in [0, 0.05) is 26.1 Å². The first-order chi connectivity index (χ1) is 10.2. The lowest BCUT2D eigenvalue weighted by molar-refractivity contribution is 0.122. The molecule has 7 nitrogen and oxygen atoms in total. The van der Waals surface area contributed by atoms with Crippen LogP contribution in [0.3, 0.4) is 0 Å². The maximum Gasteiger partial charge on any atom is 0.230 e. The molecule has 7 heteroatoms. The standard InChI is InChI=1S/C14H25N5O2/c1-3-5-12-16-13(15-10-11(20)4-2)18-14(17-12)19-6-8-21-9-7-19/h11,20H,3-10H2,1-2H3,(H,15,16,17,18). The van der Waals surface area contributed by atoms with Gasteiger partial charge in [-0.15, -0.1) is 0 Å². The summed E-state index contributed by atoms with van der Waals surface area (Å²) >= 11 is 0. The van der Waals surface area contributed by atoms with Crippen LogP contribution in [0.25, 0.3) is 0 Å². The molecule has 2 heterocycles. The molecule has 21 heavy (non-hydrogen) atoms. The summed E-state index contributed by atoms with van der Waals surface area (Å²) in [6, 6.07) is 0. The van der Waals surface area contributed by atoms with E-state index in [-0.39, 0.29) is 6.10 Å². The normalized spacial score (nSPS) is 16.8. The topological polar surface area (TPSA) is 83.4 Å². The summed E-state index contributed by atoms with van der Waals surface area (Å²) in [5, 5.41) is 12.8. The molecule has 1 aliphatic heterocycles. The Labute approximate surface area is 125 Å².